The number of aromatic nitrogens is 2. The zero-order valence-corrected chi connectivity index (χ0v) is 11.6. The summed E-state index contributed by atoms with van der Waals surface area (Å²) in [4.78, 5) is 19.4. The van der Waals surface area contributed by atoms with Gasteiger partial charge in [-0.05, 0) is 48.9 Å². The summed E-state index contributed by atoms with van der Waals surface area (Å²) in [6, 6.07) is 6.16. The minimum atomic E-state index is -0.503. The molecule has 2 aromatic rings. The van der Waals surface area contributed by atoms with E-state index in [1.54, 1.807) is 12.1 Å². The fraction of sp³-hybridized carbons (Fsp3) is 0.231. The molecule has 8 heteroatoms. The lowest BCUT2D eigenvalue weighted by Crippen LogP contribution is -2.07. The average Bonchev–Trinajstić information content (AvgIpc) is 3.25. The van der Waals surface area contributed by atoms with Crippen molar-refractivity contribution in [2.75, 3.05) is 5.32 Å². The van der Waals surface area contributed by atoms with Crippen LogP contribution in [0.25, 0.3) is 0 Å². The maximum Gasteiger partial charge on any atom is 0.329 e. The van der Waals surface area contributed by atoms with E-state index in [4.69, 9.17) is 0 Å². The summed E-state index contributed by atoms with van der Waals surface area (Å²) in [7, 11) is 0. The molecule has 3 rings (SSSR count). The monoisotopic (exact) mass is 306 g/mol. The van der Waals surface area contributed by atoms with E-state index in [-0.39, 0.29) is 23.4 Å². The standard InChI is InChI=1S/C13H11FN4O2S/c14-8-1-5-10(6-2-8)21-13-15-7-11(18(19)20)12(17-13)16-9-3-4-9/h1-2,5-7,9H,3-4H2,(H,15,16,17). The highest BCUT2D eigenvalue weighted by Gasteiger charge is 2.26. The first-order valence-corrected chi connectivity index (χ1v) is 7.15. The smallest absolute Gasteiger partial charge is 0.329 e. The summed E-state index contributed by atoms with van der Waals surface area (Å²) >= 11 is 1.23. The molecule has 1 aliphatic carbocycles. The number of anilines is 1. The SMILES string of the molecule is O=[N+]([O-])c1cnc(Sc2ccc(F)cc2)nc1NC1CC1. The van der Waals surface area contributed by atoms with Gasteiger partial charge < -0.3 is 5.32 Å². The highest BCUT2D eigenvalue weighted by Crippen LogP contribution is 2.32. The number of benzene rings is 1. The molecule has 21 heavy (non-hydrogen) atoms. The topological polar surface area (TPSA) is 81.0 Å². The summed E-state index contributed by atoms with van der Waals surface area (Å²) < 4.78 is 12.9. The van der Waals surface area contributed by atoms with Gasteiger partial charge in [0.25, 0.3) is 0 Å². The number of nitrogens with zero attached hydrogens (tertiary/aromatic N) is 3. The van der Waals surface area contributed by atoms with Crippen molar-refractivity contribution in [3.63, 3.8) is 0 Å². The molecule has 0 radical (unpaired) electrons. The Kier molecular flexibility index (Phi) is 3.70. The van der Waals surface area contributed by atoms with Crippen molar-refractivity contribution in [2.45, 2.75) is 28.9 Å². The van der Waals surface area contributed by atoms with Crippen LogP contribution < -0.4 is 5.32 Å². The number of nitro groups is 1. The van der Waals surface area contributed by atoms with Crippen molar-refractivity contribution in [3.05, 3.63) is 46.4 Å². The lowest BCUT2D eigenvalue weighted by molar-refractivity contribution is -0.384. The van der Waals surface area contributed by atoms with Gasteiger partial charge in [-0.15, -0.1) is 0 Å². The number of hydrogen-bond acceptors (Lipinski definition) is 6. The minimum absolute atomic E-state index is 0.134. The summed E-state index contributed by atoms with van der Waals surface area (Å²) in [5.41, 5.74) is -0.134. The molecule has 108 valence electrons. The molecule has 0 unspecified atom stereocenters. The van der Waals surface area contributed by atoms with Crippen molar-refractivity contribution in [2.24, 2.45) is 0 Å². The number of nitrogens with one attached hydrogen (secondary N) is 1. The molecule has 0 atom stereocenters. The van der Waals surface area contributed by atoms with Crippen LogP contribution in [-0.2, 0) is 0 Å². The molecule has 0 bridgehead atoms. The van der Waals surface area contributed by atoms with Crippen molar-refractivity contribution < 1.29 is 9.31 Å². The van der Waals surface area contributed by atoms with E-state index in [1.807, 2.05) is 0 Å². The van der Waals surface area contributed by atoms with E-state index >= 15 is 0 Å². The van der Waals surface area contributed by atoms with Gasteiger partial charge in [0.05, 0.1) is 4.92 Å². The zero-order chi connectivity index (χ0) is 14.8. The summed E-state index contributed by atoms with van der Waals surface area (Å²) in [6.45, 7) is 0. The largest absolute Gasteiger partial charge is 0.361 e. The molecule has 6 nitrogen and oxygen atoms in total. The third kappa shape index (κ3) is 3.46. The normalized spacial score (nSPS) is 14.0. The van der Waals surface area contributed by atoms with E-state index in [2.05, 4.69) is 15.3 Å². The zero-order valence-electron chi connectivity index (χ0n) is 10.8. The fourth-order valence-electron chi connectivity index (χ4n) is 1.68. The van der Waals surface area contributed by atoms with Crippen LogP contribution in [0.1, 0.15) is 12.8 Å². The third-order valence-electron chi connectivity index (χ3n) is 2.89. The van der Waals surface area contributed by atoms with Crippen molar-refractivity contribution in [1.82, 2.24) is 9.97 Å². The quantitative estimate of drug-likeness (QED) is 0.519. The molecule has 1 aliphatic rings. The Morgan fingerprint density at radius 1 is 1.33 bits per heavy atom. The van der Waals surface area contributed by atoms with Crippen LogP contribution in [0.15, 0.2) is 40.5 Å². The summed E-state index contributed by atoms with van der Waals surface area (Å²) in [5.74, 6) is -0.0813. The predicted molar refractivity (Wildman–Crippen MR) is 75.9 cm³/mol. The molecule has 1 aromatic carbocycles. The summed E-state index contributed by atoms with van der Waals surface area (Å²) in [6.07, 6.45) is 3.17. The minimum Gasteiger partial charge on any atom is -0.361 e. The Morgan fingerprint density at radius 3 is 2.67 bits per heavy atom. The Labute approximate surface area is 124 Å². The maximum absolute atomic E-state index is 12.9. The molecule has 1 heterocycles. The van der Waals surface area contributed by atoms with Crippen LogP contribution >= 0.6 is 11.8 Å². The van der Waals surface area contributed by atoms with Gasteiger partial charge in [0.15, 0.2) is 5.16 Å². The lowest BCUT2D eigenvalue weighted by atomic mass is 10.4. The molecule has 0 spiro atoms. The highest BCUT2D eigenvalue weighted by molar-refractivity contribution is 7.99. The first-order chi connectivity index (χ1) is 10.1. The Hall–Kier alpha value is -2.22. The Balaban J connectivity index is 1.84. The van der Waals surface area contributed by atoms with Gasteiger partial charge in [-0.3, -0.25) is 10.1 Å². The van der Waals surface area contributed by atoms with E-state index in [1.165, 1.54) is 30.1 Å². The lowest BCUT2D eigenvalue weighted by Gasteiger charge is -2.06. The second-order valence-corrected chi connectivity index (χ2v) is 5.66. The van der Waals surface area contributed by atoms with Gasteiger partial charge in [0.1, 0.15) is 12.0 Å². The molecule has 1 saturated carbocycles. The van der Waals surface area contributed by atoms with Crippen LogP contribution in [0.2, 0.25) is 0 Å². The Morgan fingerprint density at radius 2 is 2.05 bits per heavy atom. The van der Waals surface area contributed by atoms with Crippen LogP contribution in [-0.4, -0.2) is 20.9 Å². The first-order valence-electron chi connectivity index (χ1n) is 6.33. The maximum atomic E-state index is 12.9. The second kappa shape index (κ2) is 5.65. The van der Waals surface area contributed by atoms with Crippen molar-refractivity contribution >= 4 is 23.3 Å². The van der Waals surface area contributed by atoms with Gasteiger partial charge >= 0.3 is 5.69 Å². The van der Waals surface area contributed by atoms with Crippen molar-refractivity contribution in [3.8, 4) is 0 Å². The number of rotatable bonds is 5. The van der Waals surface area contributed by atoms with E-state index in [9.17, 15) is 14.5 Å². The van der Waals surface area contributed by atoms with Gasteiger partial charge in [0, 0.05) is 10.9 Å². The van der Waals surface area contributed by atoms with Gasteiger partial charge in [-0.2, -0.15) is 4.98 Å². The molecule has 0 aliphatic heterocycles. The third-order valence-corrected chi connectivity index (χ3v) is 3.77. The Bertz CT molecular complexity index is 676. The molecule has 1 fully saturated rings. The molecule has 1 N–H and O–H groups in total. The van der Waals surface area contributed by atoms with Crippen molar-refractivity contribution in [1.29, 1.82) is 0 Å². The molecular weight excluding hydrogens is 295 g/mol. The number of halogens is 1. The van der Waals surface area contributed by atoms with Crippen LogP contribution in [0.3, 0.4) is 0 Å². The first kappa shape index (κ1) is 13.7. The van der Waals surface area contributed by atoms with E-state index < -0.39 is 4.92 Å². The molecule has 1 aromatic heterocycles. The fourth-order valence-corrected chi connectivity index (χ4v) is 2.40. The van der Waals surface area contributed by atoms with Crippen LogP contribution in [0.4, 0.5) is 15.9 Å². The van der Waals surface area contributed by atoms with E-state index in [0.717, 1.165) is 17.7 Å². The van der Waals surface area contributed by atoms with Gasteiger partial charge in [-0.1, -0.05) is 0 Å². The van der Waals surface area contributed by atoms with Crippen LogP contribution in [0.5, 0.6) is 0 Å². The number of hydrogen-bond donors (Lipinski definition) is 1. The predicted octanol–water partition coefficient (Wildman–Crippen LogP) is 3.25. The molecule has 0 saturated heterocycles. The van der Waals surface area contributed by atoms with Gasteiger partial charge in [0.2, 0.25) is 5.82 Å². The van der Waals surface area contributed by atoms with E-state index in [0.29, 0.717) is 5.16 Å². The molecular formula is C13H11FN4O2S. The molecule has 0 amide bonds. The van der Waals surface area contributed by atoms with Gasteiger partial charge in [-0.25, -0.2) is 9.37 Å². The van der Waals surface area contributed by atoms with Crippen LogP contribution in [0, 0.1) is 15.9 Å². The highest BCUT2D eigenvalue weighted by atomic mass is 32.2. The summed E-state index contributed by atoms with van der Waals surface area (Å²) in [5, 5.41) is 14.4. The second-order valence-electron chi connectivity index (χ2n) is 4.62. The average molecular weight is 306 g/mol.